The topological polar surface area (TPSA) is 147 Å². The largest absolute Gasteiger partial charge is 0.505 e. The Balaban J connectivity index is 1.71. The second kappa shape index (κ2) is 7.54. The lowest BCUT2D eigenvalue weighted by atomic mass is 10.1. The molecule has 2 N–H and O–H groups in total. The van der Waals surface area contributed by atoms with Gasteiger partial charge in [0.2, 0.25) is 5.89 Å². The van der Waals surface area contributed by atoms with Crippen LogP contribution in [0.15, 0.2) is 74.1 Å². The Morgan fingerprint density at radius 1 is 1.00 bits per heavy atom. The molecule has 0 saturated heterocycles. The first-order valence-corrected chi connectivity index (χ1v) is 9.92. The van der Waals surface area contributed by atoms with Gasteiger partial charge in [-0.25, -0.2) is 0 Å². The van der Waals surface area contributed by atoms with Crippen molar-refractivity contribution in [3.05, 3.63) is 54.6 Å². The van der Waals surface area contributed by atoms with Crippen molar-refractivity contribution in [2.75, 3.05) is 7.11 Å². The zero-order valence-electron chi connectivity index (χ0n) is 15.4. The Morgan fingerprint density at radius 2 is 1.70 bits per heavy atom. The molecule has 0 amide bonds. The summed E-state index contributed by atoms with van der Waals surface area (Å²) in [4.78, 5) is -0.408. The molecule has 1 heterocycles. The number of phenolic OH excluding ortho intramolecular Hbond substituents is 1. The van der Waals surface area contributed by atoms with Crippen LogP contribution in [0.25, 0.3) is 22.2 Å². The van der Waals surface area contributed by atoms with Crippen LogP contribution in [0.3, 0.4) is 0 Å². The van der Waals surface area contributed by atoms with Gasteiger partial charge in [0.15, 0.2) is 5.75 Å². The average molecular weight is 426 g/mol. The van der Waals surface area contributed by atoms with Crippen LogP contribution in [0.4, 0.5) is 11.7 Å². The van der Waals surface area contributed by atoms with Crippen molar-refractivity contribution < 1.29 is 27.2 Å². The number of benzene rings is 3. The molecular weight excluding hydrogens is 412 g/mol. The van der Waals surface area contributed by atoms with Gasteiger partial charge in [0.05, 0.1) is 7.11 Å². The van der Waals surface area contributed by atoms with E-state index in [-0.39, 0.29) is 34.1 Å². The molecule has 0 aliphatic heterocycles. The first-order valence-electron chi connectivity index (χ1n) is 8.48. The molecule has 1 aromatic heterocycles. The van der Waals surface area contributed by atoms with E-state index < -0.39 is 15.0 Å². The summed E-state index contributed by atoms with van der Waals surface area (Å²) in [5, 5.41) is 26.0. The van der Waals surface area contributed by atoms with E-state index in [9.17, 15) is 18.1 Å². The summed E-state index contributed by atoms with van der Waals surface area (Å²) in [5.74, 6) is 0.546. The van der Waals surface area contributed by atoms with Gasteiger partial charge in [-0.2, -0.15) is 8.42 Å². The lowest BCUT2D eigenvalue weighted by Gasteiger charge is -2.07. The van der Waals surface area contributed by atoms with Gasteiger partial charge in [-0.1, -0.05) is 34.5 Å². The highest BCUT2D eigenvalue weighted by Gasteiger charge is 2.19. The van der Waals surface area contributed by atoms with Gasteiger partial charge in [0, 0.05) is 16.3 Å². The zero-order valence-corrected chi connectivity index (χ0v) is 16.2. The number of ether oxygens (including phenoxy) is 1. The van der Waals surface area contributed by atoms with E-state index in [4.69, 9.17) is 9.15 Å². The Labute approximate surface area is 170 Å². The van der Waals surface area contributed by atoms with Crippen molar-refractivity contribution >= 4 is 32.6 Å². The van der Waals surface area contributed by atoms with E-state index in [1.807, 2.05) is 0 Å². The van der Waals surface area contributed by atoms with Gasteiger partial charge < -0.3 is 14.3 Å². The number of rotatable bonds is 5. The first kappa shape index (κ1) is 19.5. The highest BCUT2D eigenvalue weighted by atomic mass is 32.2. The molecule has 0 unspecified atom stereocenters. The average Bonchev–Trinajstić information content (AvgIpc) is 3.21. The van der Waals surface area contributed by atoms with Crippen molar-refractivity contribution in [2.24, 2.45) is 10.2 Å². The minimum Gasteiger partial charge on any atom is -0.505 e. The van der Waals surface area contributed by atoms with Crippen LogP contribution in [0.5, 0.6) is 11.5 Å². The van der Waals surface area contributed by atoms with Crippen molar-refractivity contribution in [3.63, 3.8) is 0 Å². The standard InChI is InChI=1S/C19H14N4O6S/c1-28-12-8-6-11(7-9-12)18-21-23-19(29-18)22-20-15-10-16(30(25,26)27)13-4-2-3-5-14(13)17(15)24/h2-10,24H,1H3,(H,25,26,27). The Hall–Kier alpha value is -3.83. The lowest BCUT2D eigenvalue weighted by molar-refractivity contribution is 0.415. The molecule has 152 valence electrons. The molecule has 0 spiro atoms. The number of aromatic hydroxyl groups is 1. The van der Waals surface area contributed by atoms with Gasteiger partial charge >= 0.3 is 6.01 Å². The molecule has 11 heteroatoms. The van der Waals surface area contributed by atoms with E-state index >= 15 is 0 Å². The molecule has 0 saturated carbocycles. The number of fused-ring (bicyclic) bond motifs is 1. The minimum absolute atomic E-state index is 0.149. The van der Waals surface area contributed by atoms with Crippen molar-refractivity contribution in [3.8, 4) is 23.0 Å². The van der Waals surface area contributed by atoms with E-state index in [1.54, 1.807) is 43.5 Å². The maximum atomic E-state index is 11.7. The van der Waals surface area contributed by atoms with Gasteiger partial charge in [-0.05, 0) is 30.3 Å². The smallest absolute Gasteiger partial charge is 0.361 e. The van der Waals surface area contributed by atoms with Gasteiger partial charge in [-0.3, -0.25) is 4.55 Å². The lowest BCUT2D eigenvalue weighted by Crippen LogP contribution is -1.99. The molecule has 0 bridgehead atoms. The van der Waals surface area contributed by atoms with Gasteiger partial charge in [0.1, 0.15) is 16.3 Å². The summed E-state index contributed by atoms with van der Waals surface area (Å²) in [6.45, 7) is 0. The second-order valence-corrected chi connectivity index (χ2v) is 7.47. The number of azo groups is 1. The molecular formula is C19H14N4O6S. The van der Waals surface area contributed by atoms with E-state index in [0.717, 1.165) is 6.07 Å². The predicted molar refractivity (Wildman–Crippen MR) is 106 cm³/mol. The molecule has 30 heavy (non-hydrogen) atoms. The van der Waals surface area contributed by atoms with Crippen LogP contribution in [0.1, 0.15) is 0 Å². The van der Waals surface area contributed by atoms with E-state index in [0.29, 0.717) is 11.3 Å². The summed E-state index contributed by atoms with van der Waals surface area (Å²) in [7, 11) is -3.01. The van der Waals surface area contributed by atoms with Crippen LogP contribution in [-0.4, -0.2) is 35.4 Å². The van der Waals surface area contributed by atoms with Gasteiger partial charge in [-0.15, -0.1) is 10.2 Å². The SMILES string of the molecule is COc1ccc(-c2nnc(N=Nc3cc(S(=O)(=O)O)c4ccccc4c3O)o2)cc1. The summed E-state index contributed by atoms with van der Waals surface area (Å²) in [6, 6.07) is 13.8. The third-order valence-corrected chi connectivity index (χ3v) is 5.12. The van der Waals surface area contributed by atoms with Gasteiger partial charge in [0.25, 0.3) is 10.1 Å². The third-order valence-electron chi connectivity index (χ3n) is 4.23. The molecule has 4 aromatic rings. The molecule has 0 aliphatic rings. The normalized spacial score (nSPS) is 11.9. The number of hydrogen-bond donors (Lipinski definition) is 2. The quantitative estimate of drug-likeness (QED) is 0.355. The van der Waals surface area contributed by atoms with Crippen molar-refractivity contribution in [1.29, 1.82) is 0 Å². The van der Waals surface area contributed by atoms with Crippen LogP contribution in [0, 0.1) is 0 Å². The van der Waals surface area contributed by atoms with Crippen molar-refractivity contribution in [1.82, 2.24) is 10.2 Å². The fourth-order valence-electron chi connectivity index (χ4n) is 2.81. The Bertz CT molecular complexity index is 1360. The second-order valence-electron chi connectivity index (χ2n) is 6.08. The highest BCUT2D eigenvalue weighted by Crippen LogP contribution is 2.39. The summed E-state index contributed by atoms with van der Waals surface area (Å²) < 4.78 is 43.5. The number of hydrogen-bond acceptors (Lipinski definition) is 9. The maximum Gasteiger partial charge on any atom is 0.361 e. The number of aromatic nitrogens is 2. The molecule has 4 rings (SSSR count). The molecule has 0 aliphatic carbocycles. The molecule has 10 nitrogen and oxygen atoms in total. The molecule has 0 radical (unpaired) electrons. The molecule has 3 aromatic carbocycles. The Morgan fingerprint density at radius 3 is 2.37 bits per heavy atom. The molecule has 0 atom stereocenters. The number of methoxy groups -OCH3 is 1. The van der Waals surface area contributed by atoms with E-state index in [1.165, 1.54) is 12.1 Å². The van der Waals surface area contributed by atoms with Crippen molar-refractivity contribution in [2.45, 2.75) is 4.90 Å². The van der Waals surface area contributed by atoms with Crippen LogP contribution in [-0.2, 0) is 10.1 Å². The van der Waals surface area contributed by atoms with Crippen LogP contribution < -0.4 is 4.74 Å². The fourth-order valence-corrected chi connectivity index (χ4v) is 3.52. The van der Waals surface area contributed by atoms with E-state index in [2.05, 4.69) is 20.4 Å². The monoisotopic (exact) mass is 426 g/mol. The fraction of sp³-hybridized carbons (Fsp3) is 0.0526. The first-order chi connectivity index (χ1) is 14.4. The van der Waals surface area contributed by atoms with Crippen LogP contribution >= 0.6 is 0 Å². The third kappa shape index (κ3) is 3.71. The number of phenols is 1. The predicted octanol–water partition coefficient (Wildman–Crippen LogP) is 4.27. The zero-order chi connectivity index (χ0) is 21.3. The molecule has 0 fully saturated rings. The van der Waals surface area contributed by atoms with Crippen LogP contribution in [0.2, 0.25) is 0 Å². The number of nitrogens with zero attached hydrogens (tertiary/aromatic N) is 4. The summed E-state index contributed by atoms with van der Waals surface area (Å²) in [6.07, 6.45) is 0. The minimum atomic E-state index is -4.56. The maximum absolute atomic E-state index is 11.7. The Kier molecular flexibility index (Phi) is 4.90. The summed E-state index contributed by atoms with van der Waals surface area (Å²) in [5.41, 5.74) is 0.442. The highest BCUT2D eigenvalue weighted by molar-refractivity contribution is 7.86. The summed E-state index contributed by atoms with van der Waals surface area (Å²) >= 11 is 0.